The van der Waals surface area contributed by atoms with Crippen LogP contribution in [-0.2, 0) is 45.5 Å². The highest BCUT2D eigenvalue weighted by atomic mass is 35.5. The first-order valence-corrected chi connectivity index (χ1v) is 25.3. The topological polar surface area (TPSA) is 110 Å². The number of nitrogens with zero attached hydrogens (tertiary/aromatic N) is 6. The van der Waals surface area contributed by atoms with Gasteiger partial charge in [-0.1, -0.05) is 71.7 Å². The summed E-state index contributed by atoms with van der Waals surface area (Å²) in [6, 6.07) is 37.4. The first-order valence-electron chi connectivity index (χ1n) is 21.3. The van der Waals surface area contributed by atoms with Crippen LogP contribution in [0.15, 0.2) is 170 Å². The van der Waals surface area contributed by atoms with Crippen LogP contribution in [0.2, 0.25) is 10.0 Å². The summed E-state index contributed by atoms with van der Waals surface area (Å²) in [7, 11) is -7.17. The second-order valence-corrected chi connectivity index (χ2v) is 20.8. The van der Waals surface area contributed by atoms with Crippen LogP contribution < -0.4 is 8.61 Å². The number of hydrogen-bond donors (Lipinski definition) is 0. The van der Waals surface area contributed by atoms with E-state index < -0.39 is 43.5 Å². The fourth-order valence-electron chi connectivity index (χ4n) is 7.04. The molecule has 8 aromatic rings. The molecule has 70 heavy (non-hydrogen) atoms. The van der Waals surface area contributed by atoms with Gasteiger partial charge in [-0.2, -0.15) is 36.5 Å². The number of benzene rings is 6. The van der Waals surface area contributed by atoms with E-state index >= 15 is 0 Å². The minimum Gasteiger partial charge on any atom is -0.266 e. The number of rotatable bonds is 14. The number of aromatic nitrogens is 4. The Kier molecular flexibility index (Phi) is 15.5. The van der Waals surface area contributed by atoms with E-state index in [0.717, 1.165) is 35.4 Å². The van der Waals surface area contributed by atoms with Crippen LogP contribution in [0.3, 0.4) is 0 Å². The third-order valence-corrected chi connectivity index (χ3v) is 14.9. The van der Waals surface area contributed by atoms with Crippen molar-refractivity contribution < 1.29 is 43.2 Å². The van der Waals surface area contributed by atoms with Crippen molar-refractivity contribution in [3.63, 3.8) is 0 Å². The van der Waals surface area contributed by atoms with Crippen molar-refractivity contribution in [3.05, 3.63) is 203 Å². The SMILES string of the molecule is CCS(=O)(=O)N(Cc1ccc(Cl)cc1)c1cccc(-c2cnn(-c3ccc(C(F)(F)F)cc3)c2)c1.CCS(=O)(=O)N(Cc1ccc(Cl)cc1)c1cccc(-c2cnn(-c3ccc(C(F)(F)F)cc3)c2)c1. The Labute approximate surface area is 411 Å². The Bertz CT molecular complexity index is 3060. The Balaban J connectivity index is 0.000000206. The quantitative estimate of drug-likeness (QED) is 0.100. The van der Waals surface area contributed by atoms with E-state index in [1.807, 2.05) is 12.1 Å². The van der Waals surface area contributed by atoms with Crippen LogP contribution >= 0.6 is 23.2 Å². The van der Waals surface area contributed by atoms with Gasteiger partial charge in [0.25, 0.3) is 0 Å². The van der Waals surface area contributed by atoms with Crippen molar-refractivity contribution in [2.24, 2.45) is 0 Å². The van der Waals surface area contributed by atoms with Crippen molar-refractivity contribution >= 4 is 54.6 Å². The van der Waals surface area contributed by atoms with Crippen molar-refractivity contribution in [2.75, 3.05) is 20.1 Å². The zero-order valence-corrected chi connectivity index (χ0v) is 40.3. The van der Waals surface area contributed by atoms with Crippen LogP contribution in [-0.4, -0.2) is 47.9 Å². The number of alkyl halides is 6. The van der Waals surface area contributed by atoms with E-state index in [1.54, 1.807) is 124 Å². The summed E-state index contributed by atoms with van der Waals surface area (Å²) in [5.41, 5.74) is 4.82. The second kappa shape index (κ2) is 21.2. The Hall–Kier alpha value is -6.60. The molecule has 0 saturated heterocycles. The molecule has 20 heteroatoms. The number of sulfonamides is 2. The molecule has 0 radical (unpaired) electrons. The van der Waals surface area contributed by atoms with E-state index in [0.29, 0.717) is 55.0 Å². The van der Waals surface area contributed by atoms with Gasteiger partial charge in [0.05, 0.1) is 70.9 Å². The third kappa shape index (κ3) is 12.6. The summed E-state index contributed by atoms with van der Waals surface area (Å²) >= 11 is 11.9. The molecule has 0 aliphatic carbocycles. The minimum atomic E-state index is -4.41. The predicted octanol–water partition coefficient (Wildman–Crippen LogP) is 13.1. The predicted molar refractivity (Wildman–Crippen MR) is 262 cm³/mol. The molecular weight excluding hydrogens is 998 g/mol. The zero-order chi connectivity index (χ0) is 50.4. The summed E-state index contributed by atoms with van der Waals surface area (Å²) in [4.78, 5) is 0. The van der Waals surface area contributed by atoms with E-state index in [9.17, 15) is 43.2 Å². The van der Waals surface area contributed by atoms with Crippen LogP contribution in [0.25, 0.3) is 33.6 Å². The van der Waals surface area contributed by atoms with Crippen molar-refractivity contribution in [3.8, 4) is 33.6 Å². The van der Waals surface area contributed by atoms with Crippen LogP contribution in [0, 0.1) is 0 Å². The second-order valence-electron chi connectivity index (χ2n) is 15.6. The van der Waals surface area contributed by atoms with E-state index in [2.05, 4.69) is 10.2 Å². The molecular formula is C50H42Cl2F6N6O4S2. The molecule has 0 aliphatic rings. The summed E-state index contributed by atoms with van der Waals surface area (Å²) in [6.45, 7) is 3.45. The van der Waals surface area contributed by atoms with Crippen molar-refractivity contribution in [1.29, 1.82) is 0 Å². The molecule has 6 aromatic carbocycles. The van der Waals surface area contributed by atoms with E-state index in [-0.39, 0.29) is 24.6 Å². The fourth-order valence-corrected chi connectivity index (χ4v) is 9.47. The molecule has 2 aromatic heterocycles. The maximum Gasteiger partial charge on any atom is 0.416 e. The molecule has 0 N–H and O–H groups in total. The lowest BCUT2D eigenvalue weighted by Gasteiger charge is -2.24. The maximum absolute atomic E-state index is 12.9. The average molecular weight is 1040 g/mol. The monoisotopic (exact) mass is 1040 g/mol. The Morgan fingerprint density at radius 3 is 1.14 bits per heavy atom. The Morgan fingerprint density at radius 1 is 0.486 bits per heavy atom. The fraction of sp³-hybridized carbons (Fsp3) is 0.160. The van der Waals surface area contributed by atoms with Gasteiger partial charge in [-0.05, 0) is 133 Å². The van der Waals surface area contributed by atoms with Crippen LogP contribution in [0.1, 0.15) is 36.1 Å². The lowest BCUT2D eigenvalue weighted by atomic mass is 10.1. The third-order valence-electron chi connectivity index (χ3n) is 10.9. The molecule has 8 rings (SSSR count). The largest absolute Gasteiger partial charge is 0.416 e. The van der Waals surface area contributed by atoms with Gasteiger partial charge in [0.2, 0.25) is 20.0 Å². The molecule has 2 heterocycles. The van der Waals surface area contributed by atoms with Crippen molar-refractivity contribution in [1.82, 2.24) is 19.6 Å². The summed E-state index contributed by atoms with van der Waals surface area (Å²) in [5, 5.41) is 9.64. The zero-order valence-electron chi connectivity index (χ0n) is 37.2. The number of hydrogen-bond acceptors (Lipinski definition) is 6. The van der Waals surface area contributed by atoms with Gasteiger partial charge in [0.15, 0.2) is 0 Å². The number of anilines is 2. The highest BCUT2D eigenvalue weighted by Gasteiger charge is 2.31. The first-order chi connectivity index (χ1) is 33.1. The van der Waals surface area contributed by atoms with Gasteiger partial charge in [0.1, 0.15) is 0 Å². The Morgan fingerprint density at radius 2 is 0.829 bits per heavy atom. The van der Waals surface area contributed by atoms with Crippen LogP contribution in [0.4, 0.5) is 37.7 Å². The average Bonchev–Trinajstić information content (AvgIpc) is 4.06. The molecule has 10 nitrogen and oxygen atoms in total. The van der Waals surface area contributed by atoms with Gasteiger partial charge in [0, 0.05) is 33.6 Å². The first kappa shape index (κ1) is 51.3. The molecule has 0 fully saturated rings. The van der Waals surface area contributed by atoms with Gasteiger partial charge < -0.3 is 0 Å². The highest BCUT2D eigenvalue weighted by Crippen LogP contribution is 2.33. The molecule has 0 saturated carbocycles. The molecule has 0 bridgehead atoms. The number of halogens is 8. The standard InChI is InChI=1S/2C25H21ClF3N3O2S/c2*1-2-35(33,34)32(16-18-6-10-22(26)11-7-18)24-5-3-4-19(14-24)20-15-30-31(17-20)23-12-8-21(9-13-23)25(27,28)29/h2*3-15,17H,2,16H2,1H3. The lowest BCUT2D eigenvalue weighted by molar-refractivity contribution is -0.138. The summed E-state index contributed by atoms with van der Waals surface area (Å²) in [6.07, 6.45) is -2.31. The molecule has 364 valence electrons. The lowest BCUT2D eigenvalue weighted by Crippen LogP contribution is -2.31. The van der Waals surface area contributed by atoms with E-state index in [1.165, 1.54) is 42.2 Å². The highest BCUT2D eigenvalue weighted by molar-refractivity contribution is 7.93. The molecule has 0 atom stereocenters. The smallest absolute Gasteiger partial charge is 0.266 e. The van der Waals surface area contributed by atoms with Gasteiger partial charge in [-0.3, -0.25) is 8.61 Å². The molecule has 0 aliphatic heterocycles. The van der Waals surface area contributed by atoms with E-state index in [4.69, 9.17) is 23.2 Å². The summed E-state index contributed by atoms with van der Waals surface area (Å²) < 4.78 is 134. The van der Waals surface area contributed by atoms with Crippen LogP contribution in [0.5, 0.6) is 0 Å². The van der Waals surface area contributed by atoms with Gasteiger partial charge in [-0.25, -0.2) is 26.2 Å². The van der Waals surface area contributed by atoms with Gasteiger partial charge in [-0.15, -0.1) is 0 Å². The van der Waals surface area contributed by atoms with Gasteiger partial charge >= 0.3 is 12.4 Å². The summed E-state index contributed by atoms with van der Waals surface area (Å²) in [5.74, 6) is -0.145. The normalized spacial score (nSPS) is 12.0. The molecule has 0 amide bonds. The minimum absolute atomic E-state index is 0.0727. The molecule has 0 unspecified atom stereocenters. The maximum atomic E-state index is 12.9. The molecule has 0 spiro atoms. The van der Waals surface area contributed by atoms with Crippen molar-refractivity contribution in [2.45, 2.75) is 39.3 Å².